The number of carboxylic acid groups (broad SMARTS) is 1. The minimum atomic E-state index is -2.85. The molecule has 0 aliphatic heterocycles. The van der Waals surface area contributed by atoms with E-state index in [0.717, 1.165) is 52.3 Å². The van der Waals surface area contributed by atoms with E-state index >= 15 is 0 Å². The summed E-state index contributed by atoms with van der Waals surface area (Å²) in [6, 6.07) is 12.5. The van der Waals surface area contributed by atoms with Crippen LogP contribution in [0.25, 0.3) is 0 Å². The summed E-state index contributed by atoms with van der Waals surface area (Å²) in [7, 11) is 2.92. The molecule has 1 amide bonds. The third-order valence-electron chi connectivity index (χ3n) is 11.7. The second kappa shape index (κ2) is 15.0. The maximum atomic E-state index is 13.2. The number of nitrogens with two attached hydrogens (primary N) is 1. The van der Waals surface area contributed by atoms with Crippen molar-refractivity contribution < 1.29 is 32.3 Å². The number of nitrogens with one attached hydrogen (secondary N) is 1. The largest absolute Gasteiger partial charge is 0.478 e. The molecule has 2 heterocycles. The summed E-state index contributed by atoms with van der Waals surface area (Å²) in [5.74, 6) is 3.44. The lowest BCUT2D eigenvalue weighted by Crippen LogP contribution is -2.16. The summed E-state index contributed by atoms with van der Waals surface area (Å²) in [5.41, 5.74) is 11.8. The van der Waals surface area contributed by atoms with Crippen LogP contribution in [0.4, 0.5) is 28.9 Å². The molecule has 0 saturated heterocycles. The number of rotatable bonds is 7. The molecule has 2 fully saturated rings. The van der Waals surface area contributed by atoms with Crippen LogP contribution in [-0.4, -0.2) is 36.5 Å². The molecule has 2 aromatic heterocycles. The number of benzene rings is 2. The van der Waals surface area contributed by atoms with Crippen molar-refractivity contribution in [2.45, 2.75) is 89.9 Å². The molecular weight excluding hydrogens is 688 g/mol. The predicted octanol–water partition coefficient (Wildman–Crippen LogP) is 9.43. The van der Waals surface area contributed by atoms with E-state index in [1.807, 2.05) is 12.1 Å². The summed E-state index contributed by atoms with van der Waals surface area (Å²) in [5, 5.41) is 18.4. The van der Waals surface area contributed by atoms with Crippen molar-refractivity contribution in [1.82, 2.24) is 19.6 Å². The molecule has 0 spiro atoms. The van der Waals surface area contributed by atoms with Gasteiger partial charge in [-0.15, -0.1) is 0 Å². The molecular formula is C40H48F4N6O3. The first kappa shape index (κ1) is 38.1. The van der Waals surface area contributed by atoms with E-state index in [0.29, 0.717) is 23.7 Å². The van der Waals surface area contributed by atoms with Crippen LogP contribution in [0.15, 0.2) is 48.8 Å². The number of alkyl halides is 4. The van der Waals surface area contributed by atoms with Crippen molar-refractivity contribution >= 4 is 23.3 Å². The Morgan fingerprint density at radius 2 is 1.19 bits per heavy atom. The monoisotopic (exact) mass is 736 g/mol. The fourth-order valence-electron chi connectivity index (χ4n) is 9.95. The number of hydrogen-bond acceptors (Lipinski definition) is 5. The third-order valence-corrected chi connectivity index (χ3v) is 11.7. The lowest BCUT2D eigenvalue weighted by atomic mass is 9.85. The minimum absolute atomic E-state index is 0.0660. The number of halogens is 4. The third kappa shape index (κ3) is 7.06. The van der Waals surface area contributed by atoms with E-state index < -0.39 is 41.7 Å². The minimum Gasteiger partial charge on any atom is -0.478 e. The molecule has 4 N–H and O–H groups in total. The van der Waals surface area contributed by atoms with Crippen LogP contribution in [0.5, 0.6) is 0 Å². The number of carbonyl (C=O) groups excluding carboxylic acids is 1. The molecule has 4 aliphatic rings. The number of nitrogens with zero attached hydrogens (tertiary/aromatic N) is 4. The van der Waals surface area contributed by atoms with Crippen molar-refractivity contribution in [2.24, 2.45) is 37.8 Å². The van der Waals surface area contributed by atoms with Gasteiger partial charge in [-0.3, -0.25) is 14.2 Å². The first-order valence-corrected chi connectivity index (χ1v) is 18.3. The fourth-order valence-corrected chi connectivity index (χ4v) is 9.95. The summed E-state index contributed by atoms with van der Waals surface area (Å²) in [6.45, 7) is 9.23. The van der Waals surface area contributed by atoms with Crippen LogP contribution >= 0.6 is 0 Å². The SMILES string of the molecule is CC(C)C1C2CCC1c1c(N)cccc12.CC(C)C1C2CCC1c1c(NC(=O)c3cn(C)nc3C(F)F)cccc12.Cn1cc(C(=O)O)c(C(F)F)n1. The molecule has 4 aliphatic carbocycles. The normalized spacial score (nSPS) is 23.2. The Kier molecular flexibility index (Phi) is 10.8. The zero-order chi connectivity index (χ0) is 38.5. The van der Waals surface area contributed by atoms with Crippen molar-refractivity contribution in [2.75, 3.05) is 11.1 Å². The molecule has 4 aromatic rings. The number of carboxylic acids is 1. The highest BCUT2D eigenvalue weighted by atomic mass is 19.3. The zero-order valence-electron chi connectivity index (χ0n) is 30.9. The number of fused-ring (bicyclic) bond motifs is 10. The highest BCUT2D eigenvalue weighted by Gasteiger charge is 2.49. The molecule has 13 heteroatoms. The van der Waals surface area contributed by atoms with Crippen LogP contribution in [0.2, 0.25) is 0 Å². The van der Waals surface area contributed by atoms with Crippen molar-refractivity contribution in [1.29, 1.82) is 0 Å². The Bertz CT molecular complexity index is 1990. The molecule has 9 nitrogen and oxygen atoms in total. The molecule has 8 rings (SSSR count). The van der Waals surface area contributed by atoms with Gasteiger partial charge in [-0.2, -0.15) is 10.2 Å². The molecule has 2 saturated carbocycles. The Hall–Kier alpha value is -4.68. The molecule has 284 valence electrons. The maximum absolute atomic E-state index is 13.2. The van der Waals surface area contributed by atoms with Gasteiger partial charge in [0, 0.05) is 37.9 Å². The summed E-state index contributed by atoms with van der Waals surface area (Å²) < 4.78 is 52.8. The Balaban J connectivity index is 0.000000150. The Morgan fingerprint density at radius 1 is 0.736 bits per heavy atom. The van der Waals surface area contributed by atoms with Crippen LogP contribution < -0.4 is 11.1 Å². The van der Waals surface area contributed by atoms with Gasteiger partial charge < -0.3 is 16.2 Å². The molecule has 2 aromatic carbocycles. The van der Waals surface area contributed by atoms with Crippen LogP contribution in [-0.2, 0) is 14.1 Å². The number of carbonyl (C=O) groups is 2. The number of anilines is 2. The number of hydrogen-bond donors (Lipinski definition) is 3. The maximum Gasteiger partial charge on any atom is 0.339 e. The van der Waals surface area contributed by atoms with Gasteiger partial charge in [0.05, 0.1) is 5.56 Å². The van der Waals surface area contributed by atoms with E-state index in [1.165, 1.54) is 60.9 Å². The smallest absolute Gasteiger partial charge is 0.339 e. The second-order valence-electron chi connectivity index (χ2n) is 15.4. The highest BCUT2D eigenvalue weighted by Crippen LogP contribution is 2.62. The lowest BCUT2D eigenvalue weighted by molar-refractivity contribution is 0.0683. The van der Waals surface area contributed by atoms with E-state index in [1.54, 1.807) is 5.56 Å². The van der Waals surface area contributed by atoms with Gasteiger partial charge in [0.2, 0.25) is 0 Å². The highest BCUT2D eigenvalue weighted by molar-refractivity contribution is 6.05. The average Bonchev–Trinajstić information content (AvgIpc) is 3.94. The quantitative estimate of drug-likeness (QED) is 0.128. The number of aromatic nitrogens is 4. The average molecular weight is 737 g/mol. The van der Waals surface area contributed by atoms with Crippen LogP contribution in [0.3, 0.4) is 0 Å². The predicted molar refractivity (Wildman–Crippen MR) is 195 cm³/mol. The van der Waals surface area contributed by atoms with Gasteiger partial charge in [0.1, 0.15) is 17.0 Å². The zero-order valence-corrected chi connectivity index (χ0v) is 30.9. The van der Waals surface area contributed by atoms with Crippen molar-refractivity contribution in [3.05, 3.63) is 93.6 Å². The van der Waals surface area contributed by atoms with Gasteiger partial charge in [-0.05, 0) is 107 Å². The van der Waals surface area contributed by atoms with Gasteiger partial charge in [0.25, 0.3) is 18.8 Å². The van der Waals surface area contributed by atoms with Gasteiger partial charge in [0.15, 0.2) is 0 Å². The van der Waals surface area contributed by atoms with E-state index in [-0.39, 0.29) is 5.56 Å². The molecule has 6 atom stereocenters. The summed E-state index contributed by atoms with van der Waals surface area (Å²) >= 11 is 0. The van der Waals surface area contributed by atoms with Crippen molar-refractivity contribution in [3.63, 3.8) is 0 Å². The van der Waals surface area contributed by atoms with Crippen LogP contribution in [0.1, 0.15) is 144 Å². The number of amides is 1. The molecule has 0 radical (unpaired) electrons. The fraction of sp³-hybridized carbons (Fsp3) is 0.500. The molecule has 6 unspecified atom stereocenters. The Morgan fingerprint density at radius 3 is 1.66 bits per heavy atom. The van der Waals surface area contributed by atoms with E-state index in [9.17, 15) is 27.2 Å². The first-order valence-electron chi connectivity index (χ1n) is 18.3. The first-order chi connectivity index (χ1) is 25.1. The number of aromatic carboxylic acids is 1. The van der Waals surface area contributed by atoms with E-state index in [4.69, 9.17) is 10.8 Å². The molecule has 53 heavy (non-hydrogen) atoms. The van der Waals surface area contributed by atoms with E-state index in [2.05, 4.69) is 67.5 Å². The topological polar surface area (TPSA) is 128 Å². The number of nitrogen functional groups attached to an aromatic ring is 1. The number of aryl methyl sites for hydroxylation is 2. The summed E-state index contributed by atoms with van der Waals surface area (Å²) in [6.07, 6.45) is 1.82. The summed E-state index contributed by atoms with van der Waals surface area (Å²) in [4.78, 5) is 23.0. The van der Waals surface area contributed by atoms with Crippen molar-refractivity contribution in [3.8, 4) is 0 Å². The lowest BCUT2D eigenvalue weighted by Gasteiger charge is -2.21. The van der Waals surface area contributed by atoms with Crippen LogP contribution in [0, 0.1) is 23.7 Å². The Labute approximate surface area is 307 Å². The van der Waals surface area contributed by atoms with Gasteiger partial charge in [-0.1, -0.05) is 52.0 Å². The molecule has 4 bridgehead atoms. The second-order valence-corrected chi connectivity index (χ2v) is 15.4. The van der Waals surface area contributed by atoms with Gasteiger partial charge >= 0.3 is 5.97 Å². The van der Waals surface area contributed by atoms with Gasteiger partial charge in [-0.25, -0.2) is 22.4 Å². The standard InChI is InChI=1S/C20H23F2N3O.C14H19N.C6H6F2N2O2/c1-10(2)16-12-7-8-13(16)17-11(12)5-4-6-15(17)23-20(26)14-9-25(3)24-18(14)19(21)22;1-8(2)13-10-6-7-11(13)14-9(10)4-3-5-12(14)15;1-10-2-3(6(11)12)4(9-10)5(7)8/h4-6,9-10,12-13,16,19H,7-8H2,1-3H3,(H,23,26);3-5,8,10-11,13H,6-7,15H2,1-2H3;2,5H,1H3,(H,11,12).